The zero-order valence-electron chi connectivity index (χ0n) is 15.1. The second-order valence-corrected chi connectivity index (χ2v) is 6.83. The molecule has 1 saturated carbocycles. The summed E-state index contributed by atoms with van der Waals surface area (Å²) in [7, 11) is 1.75. The quantitative estimate of drug-likeness (QED) is 0.857. The molecule has 1 aliphatic carbocycles. The monoisotopic (exact) mass is 343 g/mol. The number of anilines is 1. The Morgan fingerprint density at radius 3 is 2.60 bits per heavy atom. The molecule has 2 aromatic heterocycles. The molecule has 134 valence electrons. The summed E-state index contributed by atoms with van der Waals surface area (Å²) < 4.78 is 5.60. The summed E-state index contributed by atoms with van der Waals surface area (Å²) in [5.74, 6) is 3.00. The highest BCUT2D eigenvalue weighted by molar-refractivity contribution is 5.36. The van der Waals surface area contributed by atoms with Gasteiger partial charge in [0.05, 0.1) is 23.5 Å². The SMILES string of the molecule is CCc1nnc(N2C[C@H](OC)C[C@H]2c2nc(C3CC3)n[nH]2)nc1CC. The van der Waals surface area contributed by atoms with Crippen LogP contribution >= 0.6 is 0 Å². The predicted octanol–water partition coefficient (Wildman–Crippen LogP) is 1.96. The maximum atomic E-state index is 5.60. The first-order chi connectivity index (χ1) is 12.2. The Balaban J connectivity index is 1.65. The van der Waals surface area contributed by atoms with Crippen LogP contribution in [0.1, 0.15) is 68.1 Å². The van der Waals surface area contributed by atoms with Crippen molar-refractivity contribution >= 4 is 5.95 Å². The fourth-order valence-corrected chi connectivity index (χ4v) is 3.46. The van der Waals surface area contributed by atoms with E-state index in [-0.39, 0.29) is 12.1 Å². The average molecular weight is 343 g/mol. The van der Waals surface area contributed by atoms with Crippen LogP contribution in [0.15, 0.2) is 0 Å². The van der Waals surface area contributed by atoms with Crippen molar-refractivity contribution in [3.63, 3.8) is 0 Å². The molecule has 2 aromatic rings. The molecule has 0 aromatic carbocycles. The van der Waals surface area contributed by atoms with E-state index in [4.69, 9.17) is 14.7 Å². The summed E-state index contributed by atoms with van der Waals surface area (Å²) >= 11 is 0. The van der Waals surface area contributed by atoms with Gasteiger partial charge in [0, 0.05) is 26.0 Å². The van der Waals surface area contributed by atoms with E-state index in [1.807, 2.05) is 0 Å². The molecular formula is C17H25N7O. The van der Waals surface area contributed by atoms with E-state index >= 15 is 0 Å². The van der Waals surface area contributed by atoms with Crippen molar-refractivity contribution in [2.75, 3.05) is 18.6 Å². The van der Waals surface area contributed by atoms with Gasteiger partial charge in [-0.1, -0.05) is 13.8 Å². The molecule has 2 fully saturated rings. The Morgan fingerprint density at radius 2 is 1.92 bits per heavy atom. The van der Waals surface area contributed by atoms with E-state index in [0.717, 1.165) is 48.8 Å². The molecule has 3 heterocycles. The van der Waals surface area contributed by atoms with Crippen molar-refractivity contribution < 1.29 is 4.74 Å². The minimum Gasteiger partial charge on any atom is -0.380 e. The van der Waals surface area contributed by atoms with Crippen LogP contribution in [0.2, 0.25) is 0 Å². The third kappa shape index (κ3) is 3.10. The summed E-state index contributed by atoms with van der Waals surface area (Å²) in [5.41, 5.74) is 1.99. The molecule has 8 nitrogen and oxygen atoms in total. The maximum Gasteiger partial charge on any atom is 0.246 e. The van der Waals surface area contributed by atoms with E-state index in [1.165, 1.54) is 12.8 Å². The van der Waals surface area contributed by atoms with Crippen LogP contribution in [0.4, 0.5) is 5.95 Å². The van der Waals surface area contributed by atoms with Gasteiger partial charge in [-0.3, -0.25) is 5.10 Å². The van der Waals surface area contributed by atoms with Gasteiger partial charge < -0.3 is 9.64 Å². The van der Waals surface area contributed by atoms with Gasteiger partial charge in [-0.2, -0.15) is 10.2 Å². The molecule has 1 aliphatic heterocycles. The largest absolute Gasteiger partial charge is 0.380 e. The van der Waals surface area contributed by atoms with Crippen LogP contribution in [0.25, 0.3) is 0 Å². The lowest BCUT2D eigenvalue weighted by Crippen LogP contribution is -2.28. The van der Waals surface area contributed by atoms with Gasteiger partial charge in [0.25, 0.3) is 0 Å². The fraction of sp³-hybridized carbons (Fsp3) is 0.706. The lowest BCUT2D eigenvalue weighted by atomic mass is 10.2. The molecule has 0 amide bonds. The number of aromatic nitrogens is 6. The molecular weight excluding hydrogens is 318 g/mol. The molecule has 0 bridgehead atoms. The number of nitrogens with one attached hydrogen (secondary N) is 1. The van der Waals surface area contributed by atoms with Gasteiger partial charge >= 0.3 is 0 Å². The first-order valence-electron chi connectivity index (χ1n) is 9.17. The van der Waals surface area contributed by atoms with Gasteiger partial charge in [-0.15, -0.1) is 5.10 Å². The van der Waals surface area contributed by atoms with Crippen molar-refractivity contribution in [2.45, 2.75) is 64.0 Å². The van der Waals surface area contributed by atoms with Crippen LogP contribution < -0.4 is 4.90 Å². The average Bonchev–Trinajstić information content (AvgIpc) is 3.22. The molecule has 1 saturated heterocycles. The molecule has 1 N–H and O–H groups in total. The molecule has 0 spiro atoms. The molecule has 0 radical (unpaired) electrons. The van der Waals surface area contributed by atoms with Crippen LogP contribution in [0.3, 0.4) is 0 Å². The third-order valence-electron chi connectivity index (χ3n) is 5.13. The number of ether oxygens (including phenoxy) is 1. The Morgan fingerprint density at radius 1 is 1.12 bits per heavy atom. The zero-order chi connectivity index (χ0) is 17.4. The number of rotatable bonds is 6. The number of hydrogen-bond acceptors (Lipinski definition) is 7. The molecule has 2 aliphatic rings. The number of H-pyrrole nitrogens is 1. The second kappa shape index (κ2) is 6.67. The van der Waals surface area contributed by atoms with Gasteiger partial charge in [0.1, 0.15) is 5.82 Å². The van der Waals surface area contributed by atoms with Crippen molar-refractivity contribution in [1.29, 1.82) is 0 Å². The van der Waals surface area contributed by atoms with Gasteiger partial charge in [-0.05, 0) is 25.7 Å². The van der Waals surface area contributed by atoms with Gasteiger partial charge in [-0.25, -0.2) is 9.97 Å². The summed E-state index contributed by atoms with van der Waals surface area (Å²) in [4.78, 5) is 11.7. The van der Waals surface area contributed by atoms with Crippen LogP contribution in [0.5, 0.6) is 0 Å². The Bertz CT molecular complexity index is 742. The molecule has 4 rings (SSSR count). The topological polar surface area (TPSA) is 92.7 Å². The highest BCUT2D eigenvalue weighted by Gasteiger charge is 2.38. The van der Waals surface area contributed by atoms with Crippen LogP contribution in [0, 0.1) is 0 Å². The first-order valence-corrected chi connectivity index (χ1v) is 9.17. The van der Waals surface area contributed by atoms with E-state index in [2.05, 4.69) is 39.1 Å². The van der Waals surface area contributed by atoms with Crippen molar-refractivity contribution in [3.8, 4) is 0 Å². The highest BCUT2D eigenvalue weighted by Crippen LogP contribution is 2.39. The zero-order valence-corrected chi connectivity index (χ0v) is 15.1. The summed E-state index contributed by atoms with van der Waals surface area (Å²) in [6.45, 7) is 4.92. The predicted molar refractivity (Wildman–Crippen MR) is 92.4 cm³/mol. The first kappa shape index (κ1) is 16.4. The van der Waals surface area contributed by atoms with E-state index in [9.17, 15) is 0 Å². The lowest BCUT2D eigenvalue weighted by molar-refractivity contribution is 0.118. The smallest absolute Gasteiger partial charge is 0.246 e. The lowest BCUT2D eigenvalue weighted by Gasteiger charge is -2.22. The van der Waals surface area contributed by atoms with E-state index in [0.29, 0.717) is 11.9 Å². The molecule has 8 heteroatoms. The fourth-order valence-electron chi connectivity index (χ4n) is 3.46. The number of aryl methyl sites for hydroxylation is 2. The summed E-state index contributed by atoms with van der Waals surface area (Å²) in [6.07, 6.45) is 5.05. The molecule has 25 heavy (non-hydrogen) atoms. The minimum absolute atomic E-state index is 0.0453. The standard InChI is InChI=1S/C17H25N7O/c1-4-12-13(5-2)20-23-17(18-12)24-9-11(25-3)8-14(24)16-19-15(21-22-16)10-6-7-10/h10-11,14H,4-9H2,1-3H3,(H,19,21,22)/t11-,14+/m1/s1. The number of methoxy groups -OCH3 is 1. The maximum absolute atomic E-state index is 5.60. The van der Waals surface area contributed by atoms with Crippen LogP contribution in [-0.4, -0.2) is 50.1 Å². The van der Waals surface area contributed by atoms with Crippen molar-refractivity contribution in [3.05, 3.63) is 23.0 Å². The number of aromatic amines is 1. The van der Waals surface area contributed by atoms with Gasteiger partial charge in [0.15, 0.2) is 5.82 Å². The normalized spacial score (nSPS) is 23.4. The number of nitrogens with zero attached hydrogens (tertiary/aromatic N) is 6. The minimum atomic E-state index is 0.0453. The van der Waals surface area contributed by atoms with Crippen LogP contribution in [-0.2, 0) is 17.6 Å². The summed E-state index contributed by atoms with van der Waals surface area (Å²) in [5, 5.41) is 16.3. The van der Waals surface area contributed by atoms with Crippen molar-refractivity contribution in [2.24, 2.45) is 0 Å². The Kier molecular flexibility index (Phi) is 4.37. The highest BCUT2D eigenvalue weighted by atomic mass is 16.5. The third-order valence-corrected chi connectivity index (χ3v) is 5.13. The van der Waals surface area contributed by atoms with E-state index < -0.39 is 0 Å². The van der Waals surface area contributed by atoms with E-state index in [1.54, 1.807) is 7.11 Å². The van der Waals surface area contributed by atoms with Crippen molar-refractivity contribution in [1.82, 2.24) is 30.4 Å². The molecule has 2 atom stereocenters. The van der Waals surface area contributed by atoms with Gasteiger partial charge in [0.2, 0.25) is 5.95 Å². The molecule has 0 unspecified atom stereocenters. The summed E-state index contributed by atoms with van der Waals surface area (Å²) in [6, 6.07) is 0.0453. The number of hydrogen-bond donors (Lipinski definition) is 1. The Labute approximate surface area is 147 Å². The Hall–Kier alpha value is -2.09. The second-order valence-electron chi connectivity index (χ2n) is 6.83.